The number of carbonyl (C=O) groups excluding carboxylic acids is 2. The van der Waals surface area contributed by atoms with E-state index < -0.39 is 67.0 Å². The van der Waals surface area contributed by atoms with Crippen LogP contribution in [0, 0.1) is 3.57 Å². The lowest BCUT2D eigenvalue weighted by atomic mass is 9.87. The lowest BCUT2D eigenvalue weighted by Gasteiger charge is -2.40. The van der Waals surface area contributed by atoms with E-state index in [-0.39, 0.29) is 46.1 Å². The van der Waals surface area contributed by atoms with Gasteiger partial charge in [0, 0.05) is 23.9 Å². The van der Waals surface area contributed by atoms with Gasteiger partial charge in [0.05, 0.1) is 29.9 Å². The Hall–Kier alpha value is -3.67. The Morgan fingerprint density at radius 1 is 1.18 bits per heavy atom. The summed E-state index contributed by atoms with van der Waals surface area (Å²) in [4.78, 5) is 39.7. The predicted octanol–water partition coefficient (Wildman–Crippen LogP) is 2.52. The molecule has 3 aromatic rings. The smallest absolute Gasteiger partial charge is 0.406 e. The summed E-state index contributed by atoms with van der Waals surface area (Å²) >= 11 is 1.88. The second kappa shape index (κ2) is 14.0. The molecule has 0 fully saturated rings. The maximum absolute atomic E-state index is 13.9. The van der Waals surface area contributed by atoms with Gasteiger partial charge in [0.15, 0.2) is 11.5 Å². The molecule has 1 aliphatic rings. The van der Waals surface area contributed by atoms with Gasteiger partial charge in [-0.25, -0.2) is 4.79 Å². The van der Waals surface area contributed by atoms with Crippen molar-refractivity contribution in [2.75, 3.05) is 26.8 Å². The number of hydrogen-bond acceptors (Lipinski definition) is 9. The lowest BCUT2D eigenvalue weighted by molar-refractivity contribution is -0.151. The molecule has 4 N–H and O–H groups in total. The number of fused-ring (bicyclic) bond motifs is 1. The summed E-state index contributed by atoms with van der Waals surface area (Å²) in [5, 5.41) is 32.8. The van der Waals surface area contributed by atoms with Crippen molar-refractivity contribution in [1.29, 1.82) is 0 Å². The number of para-hydroxylation sites is 1. The summed E-state index contributed by atoms with van der Waals surface area (Å²) in [6.07, 6.45) is -7.62. The molecule has 0 spiro atoms. The number of rotatable bonds is 10. The average molecular weight is 732 g/mol. The highest BCUT2D eigenvalue weighted by atomic mass is 127. The van der Waals surface area contributed by atoms with Gasteiger partial charge in [0.25, 0.3) is 5.91 Å². The van der Waals surface area contributed by atoms with E-state index in [1.54, 1.807) is 18.2 Å². The highest BCUT2D eigenvalue weighted by Crippen LogP contribution is 2.37. The minimum Gasteiger partial charge on any atom is -0.493 e. The Morgan fingerprint density at radius 3 is 2.57 bits per heavy atom. The zero-order valence-corrected chi connectivity index (χ0v) is 25.3. The van der Waals surface area contributed by atoms with E-state index in [1.165, 1.54) is 31.4 Å². The summed E-state index contributed by atoms with van der Waals surface area (Å²) < 4.78 is 58.8. The minimum absolute atomic E-state index is 0.0604. The number of alkyl halides is 3. The first-order valence-corrected chi connectivity index (χ1v) is 14.3. The summed E-state index contributed by atoms with van der Waals surface area (Å²) in [5.41, 5.74) is -1.43. The number of halogens is 4. The molecule has 15 heteroatoms. The van der Waals surface area contributed by atoms with Crippen LogP contribution in [0.5, 0.6) is 11.5 Å². The monoisotopic (exact) mass is 732 g/mol. The highest BCUT2D eigenvalue weighted by molar-refractivity contribution is 14.1. The maximum Gasteiger partial charge on any atom is 0.406 e. The van der Waals surface area contributed by atoms with Crippen molar-refractivity contribution in [3.63, 3.8) is 0 Å². The van der Waals surface area contributed by atoms with E-state index in [4.69, 9.17) is 19.0 Å². The van der Waals surface area contributed by atoms with Crippen LogP contribution >= 0.6 is 22.6 Å². The fraction of sp³-hybridized carbons (Fsp3) is 0.345. The van der Waals surface area contributed by atoms with Crippen molar-refractivity contribution in [2.24, 2.45) is 0 Å². The summed E-state index contributed by atoms with van der Waals surface area (Å²) in [6.45, 7) is -2.79. The topological polar surface area (TPSA) is 159 Å². The van der Waals surface area contributed by atoms with Crippen molar-refractivity contribution in [3.05, 3.63) is 79.2 Å². The molecule has 11 nitrogen and oxygen atoms in total. The fourth-order valence-electron chi connectivity index (χ4n) is 4.79. The molecule has 0 saturated heterocycles. The number of aliphatic hydroxyl groups excluding tert-OH is 3. The molecule has 0 saturated carbocycles. The number of carbonyl (C=O) groups is 2. The molecule has 44 heavy (non-hydrogen) atoms. The molecular weight excluding hydrogens is 704 g/mol. The van der Waals surface area contributed by atoms with Gasteiger partial charge < -0.3 is 39.4 Å². The van der Waals surface area contributed by atoms with Gasteiger partial charge in [-0.3, -0.25) is 9.59 Å². The molecule has 1 heterocycles. The molecule has 0 bridgehead atoms. The zero-order chi connectivity index (χ0) is 32.2. The number of methoxy groups -OCH3 is 1. The molecular formula is C29H28F3IN2O9. The average Bonchev–Trinajstić information content (AvgIpc) is 2.99. The van der Waals surface area contributed by atoms with Crippen molar-refractivity contribution in [3.8, 4) is 11.5 Å². The molecule has 0 unspecified atom stereocenters. The molecule has 2 amide bonds. The number of nitrogens with zero attached hydrogens (tertiary/aromatic N) is 1. The van der Waals surface area contributed by atoms with Crippen molar-refractivity contribution < 1.29 is 52.0 Å². The quantitative estimate of drug-likeness (QED) is 0.182. The van der Waals surface area contributed by atoms with Crippen LogP contribution in [0.1, 0.15) is 22.3 Å². The standard InChI is InChI=1S/C29H28F3IN2O9/c1-42-23-9-15(13-37)8-19(33)25(23)43-22-12-17(26(39)34-6-7-36)11-20(24(22)38)35(14-29(30,31)32)27(40)18-10-16-4-2-3-5-21(16)44-28(18)41/h2-5,8-10,12,20,22,24,36-38H,6-7,11,13-14H2,1H3,(H,34,39)/t20-,22+,24+/m1/s1. The Morgan fingerprint density at radius 2 is 1.91 bits per heavy atom. The molecule has 0 aliphatic heterocycles. The van der Waals surface area contributed by atoms with Gasteiger partial charge in [0.2, 0.25) is 5.91 Å². The molecule has 236 valence electrons. The molecule has 1 aromatic heterocycles. The third kappa shape index (κ3) is 7.51. The zero-order valence-electron chi connectivity index (χ0n) is 23.1. The third-order valence-corrected chi connectivity index (χ3v) is 7.62. The van der Waals surface area contributed by atoms with E-state index in [1.807, 2.05) is 22.6 Å². The highest BCUT2D eigenvalue weighted by Gasteiger charge is 2.45. The molecule has 2 aromatic carbocycles. The van der Waals surface area contributed by atoms with Gasteiger partial charge in [-0.15, -0.1) is 0 Å². The van der Waals surface area contributed by atoms with Crippen molar-refractivity contribution >= 4 is 45.4 Å². The van der Waals surface area contributed by atoms with Gasteiger partial charge >= 0.3 is 11.8 Å². The number of amides is 2. The lowest BCUT2D eigenvalue weighted by Crippen LogP contribution is -2.57. The summed E-state index contributed by atoms with van der Waals surface area (Å²) in [6, 6.07) is 8.54. The third-order valence-electron chi connectivity index (χ3n) is 6.82. The number of hydrogen-bond donors (Lipinski definition) is 4. The number of aliphatic hydroxyl groups is 3. The first kappa shape index (κ1) is 33.2. The second-order valence-electron chi connectivity index (χ2n) is 9.82. The van der Waals surface area contributed by atoms with Gasteiger partial charge in [0.1, 0.15) is 29.9 Å². The predicted molar refractivity (Wildman–Crippen MR) is 158 cm³/mol. The number of benzene rings is 2. The SMILES string of the molecule is COc1cc(CO)cc(I)c1O[C@H]1C=C(C(=O)NCCO)C[C@@H](N(CC(F)(F)F)C(=O)c2cc3ccccc3oc2=O)[C@@H]1O. The normalized spacial score (nSPS) is 18.5. The first-order chi connectivity index (χ1) is 20.9. The largest absolute Gasteiger partial charge is 0.493 e. The molecule has 0 radical (unpaired) electrons. The van der Waals surface area contributed by atoms with Gasteiger partial charge in [-0.1, -0.05) is 18.2 Å². The van der Waals surface area contributed by atoms with E-state index in [2.05, 4.69) is 5.32 Å². The van der Waals surface area contributed by atoms with E-state index in [9.17, 15) is 37.8 Å². The van der Waals surface area contributed by atoms with Crippen LogP contribution in [0.15, 0.2) is 63.3 Å². The van der Waals surface area contributed by atoms with Crippen LogP contribution in [0.4, 0.5) is 13.2 Å². The van der Waals surface area contributed by atoms with Gasteiger partial charge in [-0.2, -0.15) is 13.2 Å². The summed E-state index contributed by atoms with van der Waals surface area (Å²) in [5.74, 6) is -1.95. The fourth-order valence-corrected chi connectivity index (χ4v) is 5.59. The van der Waals surface area contributed by atoms with E-state index >= 15 is 0 Å². The van der Waals surface area contributed by atoms with Crippen LogP contribution in [-0.4, -0.2) is 83.3 Å². The van der Waals surface area contributed by atoms with Crippen LogP contribution in [0.3, 0.4) is 0 Å². The number of nitrogens with one attached hydrogen (secondary N) is 1. The van der Waals surface area contributed by atoms with Crippen LogP contribution in [-0.2, 0) is 11.4 Å². The molecule has 1 aliphatic carbocycles. The van der Waals surface area contributed by atoms with Gasteiger partial charge in [-0.05, 0) is 58.5 Å². The Bertz CT molecular complexity index is 1630. The number of ether oxygens (including phenoxy) is 2. The summed E-state index contributed by atoms with van der Waals surface area (Å²) in [7, 11) is 1.32. The van der Waals surface area contributed by atoms with Crippen LogP contribution < -0.4 is 20.4 Å². The minimum atomic E-state index is -4.97. The Labute approximate surface area is 262 Å². The van der Waals surface area contributed by atoms with Crippen molar-refractivity contribution in [2.45, 2.75) is 37.5 Å². The van der Waals surface area contributed by atoms with E-state index in [0.29, 0.717) is 9.13 Å². The second-order valence-corrected chi connectivity index (χ2v) is 11.0. The Kier molecular flexibility index (Phi) is 10.5. The van der Waals surface area contributed by atoms with Crippen LogP contribution in [0.2, 0.25) is 0 Å². The van der Waals surface area contributed by atoms with Crippen LogP contribution in [0.25, 0.3) is 11.0 Å². The Balaban J connectivity index is 1.80. The molecule has 3 atom stereocenters. The maximum atomic E-state index is 13.9. The van der Waals surface area contributed by atoms with Crippen molar-refractivity contribution in [1.82, 2.24) is 10.2 Å². The van der Waals surface area contributed by atoms with E-state index in [0.717, 1.165) is 6.07 Å². The molecule has 4 rings (SSSR count). The first-order valence-electron chi connectivity index (χ1n) is 13.2.